The van der Waals surface area contributed by atoms with Gasteiger partial charge >= 0.3 is 5.97 Å². The molecule has 0 N–H and O–H groups in total. The number of piperidine rings is 1. The molecule has 1 aromatic carbocycles. The number of methoxy groups -OCH3 is 1. The Hall–Kier alpha value is -2.37. The number of amides is 2. The zero-order chi connectivity index (χ0) is 18.7. The van der Waals surface area contributed by atoms with E-state index in [1.807, 2.05) is 24.3 Å². The van der Waals surface area contributed by atoms with Crippen molar-refractivity contribution in [2.45, 2.75) is 32.6 Å². The summed E-state index contributed by atoms with van der Waals surface area (Å²) in [7, 11) is 1.40. The van der Waals surface area contributed by atoms with Gasteiger partial charge in [-0.25, -0.2) is 0 Å². The molecule has 0 aromatic heterocycles. The number of hydrogen-bond acceptors (Lipinski definition) is 4. The molecule has 6 heteroatoms. The van der Waals surface area contributed by atoms with Crippen LogP contribution < -0.4 is 4.90 Å². The Morgan fingerprint density at radius 2 is 1.85 bits per heavy atom. The number of hydrogen-bond donors (Lipinski definition) is 0. The molecule has 2 heterocycles. The van der Waals surface area contributed by atoms with Crippen LogP contribution in [-0.4, -0.2) is 49.4 Å². The Morgan fingerprint density at radius 3 is 2.50 bits per heavy atom. The van der Waals surface area contributed by atoms with Crippen molar-refractivity contribution in [3.63, 3.8) is 0 Å². The highest BCUT2D eigenvalue weighted by Crippen LogP contribution is 2.30. The van der Waals surface area contributed by atoms with Crippen molar-refractivity contribution in [2.75, 3.05) is 31.6 Å². The van der Waals surface area contributed by atoms with Crippen LogP contribution in [0.15, 0.2) is 24.3 Å². The van der Waals surface area contributed by atoms with Crippen molar-refractivity contribution >= 4 is 23.5 Å². The van der Waals surface area contributed by atoms with E-state index in [0.29, 0.717) is 32.5 Å². The molecule has 0 aliphatic carbocycles. The number of nitrogens with zero attached hydrogens (tertiary/aromatic N) is 2. The minimum Gasteiger partial charge on any atom is -0.469 e. The summed E-state index contributed by atoms with van der Waals surface area (Å²) < 4.78 is 4.79. The van der Waals surface area contributed by atoms with Crippen LogP contribution in [0.1, 0.15) is 31.7 Å². The molecule has 0 saturated carbocycles. The van der Waals surface area contributed by atoms with E-state index in [2.05, 4.69) is 6.92 Å². The molecule has 2 amide bonds. The molecule has 0 spiro atoms. The van der Waals surface area contributed by atoms with Gasteiger partial charge in [-0.1, -0.05) is 25.1 Å². The molecule has 26 heavy (non-hydrogen) atoms. The highest BCUT2D eigenvalue weighted by molar-refractivity contribution is 6.00. The van der Waals surface area contributed by atoms with Gasteiger partial charge in [0.1, 0.15) is 0 Å². The maximum atomic E-state index is 12.9. The van der Waals surface area contributed by atoms with Crippen LogP contribution in [0.3, 0.4) is 0 Å². The Morgan fingerprint density at radius 1 is 1.15 bits per heavy atom. The van der Waals surface area contributed by atoms with Gasteiger partial charge in [-0.05, 0) is 30.9 Å². The largest absolute Gasteiger partial charge is 0.469 e. The Labute approximate surface area is 154 Å². The average molecular weight is 358 g/mol. The first kappa shape index (κ1) is 18.4. The summed E-state index contributed by atoms with van der Waals surface area (Å²) in [6, 6.07) is 7.87. The number of para-hydroxylation sites is 1. The second-order valence-corrected chi connectivity index (χ2v) is 7.01. The van der Waals surface area contributed by atoms with Crippen LogP contribution >= 0.6 is 0 Å². The fourth-order valence-electron chi connectivity index (χ4n) is 3.94. The number of carbonyl (C=O) groups is 3. The molecule has 1 aromatic rings. The molecule has 3 rings (SSSR count). The number of rotatable bonds is 4. The van der Waals surface area contributed by atoms with Crippen molar-refractivity contribution in [3.8, 4) is 0 Å². The fraction of sp³-hybridized carbons (Fsp3) is 0.550. The minimum absolute atomic E-state index is 0.00805. The van der Waals surface area contributed by atoms with Crippen molar-refractivity contribution < 1.29 is 19.1 Å². The first-order valence-electron chi connectivity index (χ1n) is 9.30. The molecule has 2 aliphatic heterocycles. The number of esters is 1. The molecule has 0 radical (unpaired) electrons. The quantitative estimate of drug-likeness (QED) is 0.772. The van der Waals surface area contributed by atoms with E-state index in [4.69, 9.17) is 4.74 Å². The lowest BCUT2D eigenvalue weighted by atomic mass is 9.95. The molecular weight excluding hydrogens is 332 g/mol. The van der Waals surface area contributed by atoms with Gasteiger partial charge < -0.3 is 14.5 Å². The second-order valence-electron chi connectivity index (χ2n) is 7.01. The molecule has 2 fully saturated rings. The van der Waals surface area contributed by atoms with E-state index >= 15 is 0 Å². The topological polar surface area (TPSA) is 66.9 Å². The van der Waals surface area contributed by atoms with Crippen molar-refractivity contribution in [1.29, 1.82) is 0 Å². The third-order valence-corrected chi connectivity index (χ3v) is 5.48. The van der Waals surface area contributed by atoms with E-state index in [1.165, 1.54) is 7.11 Å². The summed E-state index contributed by atoms with van der Waals surface area (Å²) in [5, 5.41) is 0. The van der Waals surface area contributed by atoms with Gasteiger partial charge in [-0.15, -0.1) is 0 Å². The summed E-state index contributed by atoms with van der Waals surface area (Å²) in [5.41, 5.74) is 2.03. The third kappa shape index (κ3) is 3.59. The Bertz CT molecular complexity index is 695. The molecule has 140 valence electrons. The standard InChI is InChI=1S/C20H26N2O4/c1-3-14-6-4-5-7-17(14)22-13-16(12-18(22)23)19(24)21-10-8-15(9-11-21)20(25)26-2/h4-7,15-16H,3,8-13H2,1-2H3. The van der Waals surface area contributed by atoms with Gasteiger partial charge in [0, 0.05) is 31.7 Å². The maximum Gasteiger partial charge on any atom is 0.308 e. The lowest BCUT2D eigenvalue weighted by Gasteiger charge is -2.32. The number of aryl methyl sites for hydroxylation is 1. The molecule has 6 nitrogen and oxygen atoms in total. The van der Waals surface area contributed by atoms with E-state index in [9.17, 15) is 14.4 Å². The monoisotopic (exact) mass is 358 g/mol. The number of likely N-dealkylation sites (tertiary alicyclic amines) is 1. The number of ether oxygens (including phenoxy) is 1. The maximum absolute atomic E-state index is 12.9. The van der Waals surface area contributed by atoms with Gasteiger partial charge in [0.15, 0.2) is 0 Å². The van der Waals surface area contributed by atoms with Crippen LogP contribution in [0, 0.1) is 11.8 Å². The second kappa shape index (κ2) is 7.89. The van der Waals surface area contributed by atoms with E-state index in [0.717, 1.165) is 17.7 Å². The lowest BCUT2D eigenvalue weighted by Crippen LogP contribution is -2.43. The normalized spacial score (nSPS) is 21.2. The summed E-state index contributed by atoms with van der Waals surface area (Å²) in [4.78, 5) is 40.5. The van der Waals surface area contributed by atoms with Crippen LogP contribution in [0.2, 0.25) is 0 Å². The lowest BCUT2D eigenvalue weighted by molar-refractivity contribution is -0.149. The van der Waals surface area contributed by atoms with Crippen LogP contribution in [0.5, 0.6) is 0 Å². The molecule has 1 unspecified atom stereocenters. The predicted molar refractivity (Wildman–Crippen MR) is 97.6 cm³/mol. The summed E-state index contributed by atoms with van der Waals surface area (Å²) >= 11 is 0. The van der Waals surface area contributed by atoms with E-state index in [-0.39, 0.29) is 36.0 Å². The van der Waals surface area contributed by atoms with Crippen molar-refractivity contribution in [3.05, 3.63) is 29.8 Å². The number of anilines is 1. The summed E-state index contributed by atoms with van der Waals surface area (Å²) in [6.07, 6.45) is 2.36. The van der Waals surface area contributed by atoms with E-state index < -0.39 is 0 Å². The molecular formula is C20H26N2O4. The average Bonchev–Trinajstić information content (AvgIpc) is 3.08. The zero-order valence-electron chi connectivity index (χ0n) is 15.4. The van der Waals surface area contributed by atoms with E-state index in [1.54, 1.807) is 9.80 Å². The van der Waals surface area contributed by atoms with Gasteiger partial charge in [0.05, 0.1) is 18.9 Å². The van der Waals surface area contributed by atoms with Gasteiger partial charge in [0.25, 0.3) is 0 Å². The van der Waals surface area contributed by atoms with Crippen molar-refractivity contribution in [1.82, 2.24) is 4.90 Å². The summed E-state index contributed by atoms with van der Waals surface area (Å²) in [5.74, 6) is -0.591. The number of carbonyl (C=O) groups excluding carboxylic acids is 3. The molecule has 2 aliphatic rings. The van der Waals surface area contributed by atoms with Gasteiger partial charge in [0.2, 0.25) is 11.8 Å². The zero-order valence-corrected chi connectivity index (χ0v) is 15.4. The third-order valence-electron chi connectivity index (χ3n) is 5.48. The van der Waals surface area contributed by atoms with Crippen LogP contribution in [0.25, 0.3) is 0 Å². The van der Waals surface area contributed by atoms with Crippen molar-refractivity contribution in [2.24, 2.45) is 11.8 Å². The first-order chi connectivity index (χ1) is 12.5. The Balaban J connectivity index is 1.64. The molecule has 2 saturated heterocycles. The van der Waals surface area contributed by atoms with Gasteiger partial charge in [-0.3, -0.25) is 14.4 Å². The van der Waals surface area contributed by atoms with Crippen LogP contribution in [0.4, 0.5) is 5.69 Å². The smallest absolute Gasteiger partial charge is 0.308 e. The fourth-order valence-corrected chi connectivity index (χ4v) is 3.94. The van der Waals surface area contributed by atoms with Crippen LogP contribution in [-0.2, 0) is 25.5 Å². The SMILES string of the molecule is CCc1ccccc1N1CC(C(=O)N2CCC(C(=O)OC)CC2)CC1=O. The summed E-state index contributed by atoms with van der Waals surface area (Å²) in [6.45, 7) is 3.60. The molecule has 0 bridgehead atoms. The predicted octanol–water partition coefficient (Wildman–Crippen LogP) is 2.01. The number of benzene rings is 1. The minimum atomic E-state index is -0.304. The Kier molecular flexibility index (Phi) is 5.59. The highest BCUT2D eigenvalue weighted by Gasteiger charge is 2.39. The highest BCUT2D eigenvalue weighted by atomic mass is 16.5. The first-order valence-corrected chi connectivity index (χ1v) is 9.30. The molecule has 1 atom stereocenters. The van der Waals surface area contributed by atoms with Gasteiger partial charge in [-0.2, -0.15) is 0 Å².